The molecule has 1 unspecified atom stereocenters. The topological polar surface area (TPSA) is 61.9 Å². The Morgan fingerprint density at radius 1 is 1.03 bits per heavy atom. The number of carbonyl (C=O) groups excluding carboxylic acids is 2. The van der Waals surface area contributed by atoms with Crippen LogP contribution in [0.5, 0.6) is 5.75 Å². The Hall–Kier alpha value is -3.61. The highest BCUT2D eigenvalue weighted by Gasteiger charge is 2.43. The smallest absolute Gasteiger partial charge is 0.260 e. The Balaban J connectivity index is 1.43. The van der Waals surface area contributed by atoms with Gasteiger partial charge in [-0.3, -0.25) is 9.59 Å². The maximum absolute atomic E-state index is 14.9. The quantitative estimate of drug-likeness (QED) is 0.571. The number of likely N-dealkylation sites (tertiary alicyclic amines) is 1. The van der Waals surface area contributed by atoms with E-state index in [9.17, 15) is 14.0 Å². The lowest BCUT2D eigenvalue weighted by Gasteiger charge is -2.44. The van der Waals surface area contributed by atoms with E-state index in [4.69, 9.17) is 4.74 Å². The van der Waals surface area contributed by atoms with Gasteiger partial charge in [0.05, 0.1) is 19.1 Å². The Bertz CT molecular complexity index is 1200. The van der Waals surface area contributed by atoms with E-state index < -0.39 is 23.7 Å². The normalized spacial score (nSPS) is 23.2. The molecule has 2 saturated heterocycles. The van der Waals surface area contributed by atoms with Gasteiger partial charge in [-0.2, -0.15) is 0 Å². The second-order valence-electron chi connectivity index (χ2n) is 10.0. The molecule has 6 nitrogen and oxygen atoms in total. The lowest BCUT2D eigenvalue weighted by Crippen LogP contribution is -2.55. The van der Waals surface area contributed by atoms with Gasteiger partial charge < -0.3 is 19.9 Å². The zero-order valence-corrected chi connectivity index (χ0v) is 21.2. The van der Waals surface area contributed by atoms with E-state index in [1.807, 2.05) is 30.4 Å². The van der Waals surface area contributed by atoms with Crippen molar-refractivity contribution in [2.75, 3.05) is 37.0 Å². The van der Waals surface area contributed by atoms with Gasteiger partial charge in [0.15, 0.2) is 0 Å². The molecule has 1 aliphatic carbocycles. The molecule has 7 heteroatoms. The molecule has 2 aliphatic heterocycles. The first-order valence-electron chi connectivity index (χ1n) is 13.2. The van der Waals surface area contributed by atoms with Crippen molar-refractivity contribution in [1.82, 2.24) is 4.90 Å². The van der Waals surface area contributed by atoms with Crippen LogP contribution in [-0.4, -0.2) is 49.5 Å². The fourth-order valence-corrected chi connectivity index (χ4v) is 5.94. The van der Waals surface area contributed by atoms with E-state index in [0.717, 1.165) is 24.5 Å². The van der Waals surface area contributed by atoms with Crippen LogP contribution in [0.15, 0.2) is 66.8 Å². The maximum Gasteiger partial charge on any atom is 0.260 e. The van der Waals surface area contributed by atoms with E-state index in [1.54, 1.807) is 11.0 Å². The molecule has 0 aromatic heterocycles. The molecule has 2 aromatic carbocycles. The number of ether oxygens (including phenoxy) is 1. The third kappa shape index (κ3) is 5.26. The van der Waals surface area contributed by atoms with Crippen LogP contribution in [0.1, 0.15) is 42.5 Å². The van der Waals surface area contributed by atoms with Gasteiger partial charge in [-0.1, -0.05) is 36.4 Å². The molecular formula is C30H34FN3O3. The molecule has 2 amide bonds. The number of halogens is 1. The van der Waals surface area contributed by atoms with Gasteiger partial charge in [0, 0.05) is 36.9 Å². The zero-order chi connectivity index (χ0) is 25.8. The average molecular weight is 504 g/mol. The van der Waals surface area contributed by atoms with Gasteiger partial charge in [0.25, 0.3) is 5.91 Å². The van der Waals surface area contributed by atoms with Gasteiger partial charge >= 0.3 is 0 Å². The largest absolute Gasteiger partial charge is 0.496 e. The fourth-order valence-electron chi connectivity index (χ4n) is 5.94. The Morgan fingerprint density at radius 2 is 1.84 bits per heavy atom. The van der Waals surface area contributed by atoms with Crippen molar-refractivity contribution in [3.05, 3.63) is 78.1 Å². The van der Waals surface area contributed by atoms with E-state index in [1.165, 1.54) is 32.1 Å². The average Bonchev–Trinajstić information content (AvgIpc) is 3.48. The monoisotopic (exact) mass is 503 g/mol. The summed E-state index contributed by atoms with van der Waals surface area (Å²) in [6.07, 6.45) is 12.5. The summed E-state index contributed by atoms with van der Waals surface area (Å²) in [5.41, 5.74) is 1.79. The third-order valence-corrected chi connectivity index (χ3v) is 7.73. The summed E-state index contributed by atoms with van der Waals surface area (Å²) in [4.78, 5) is 31.6. The number of allylic oxidation sites excluding steroid dienone is 3. The predicted molar refractivity (Wildman–Crippen MR) is 143 cm³/mol. The van der Waals surface area contributed by atoms with Crippen molar-refractivity contribution in [3.63, 3.8) is 0 Å². The number of hydrogen-bond acceptors (Lipinski definition) is 4. The molecule has 37 heavy (non-hydrogen) atoms. The molecule has 2 heterocycles. The maximum atomic E-state index is 14.9. The number of benzene rings is 2. The van der Waals surface area contributed by atoms with Crippen LogP contribution in [0.3, 0.4) is 0 Å². The molecule has 1 N–H and O–H groups in total. The molecule has 2 fully saturated rings. The van der Waals surface area contributed by atoms with E-state index in [2.05, 4.69) is 28.4 Å². The highest BCUT2D eigenvalue weighted by atomic mass is 19.1. The van der Waals surface area contributed by atoms with Crippen LogP contribution >= 0.6 is 0 Å². The molecule has 0 saturated carbocycles. The molecule has 0 radical (unpaired) electrons. The highest BCUT2D eigenvalue weighted by molar-refractivity contribution is 5.99. The lowest BCUT2D eigenvalue weighted by atomic mass is 9.77. The second kappa shape index (κ2) is 11.2. The third-order valence-electron chi connectivity index (χ3n) is 7.73. The number of piperidine rings is 1. The number of hydrogen-bond donors (Lipinski definition) is 1. The first-order valence-corrected chi connectivity index (χ1v) is 13.2. The van der Waals surface area contributed by atoms with E-state index in [0.29, 0.717) is 25.8 Å². The number of methoxy groups -OCH3 is 1. The summed E-state index contributed by atoms with van der Waals surface area (Å²) in [6, 6.07) is 12.0. The number of carbonyl (C=O) groups is 2. The van der Waals surface area contributed by atoms with Gasteiger partial charge in [0.1, 0.15) is 17.1 Å². The van der Waals surface area contributed by atoms with Crippen molar-refractivity contribution in [3.8, 4) is 5.75 Å². The number of anilines is 2. The molecule has 0 bridgehead atoms. The number of nitrogens with one attached hydrogen (secondary N) is 1. The summed E-state index contributed by atoms with van der Waals surface area (Å²) < 4.78 is 20.2. The molecule has 3 aliphatic rings. The number of rotatable bonds is 6. The van der Waals surface area contributed by atoms with Crippen LogP contribution in [0, 0.1) is 17.7 Å². The minimum atomic E-state index is -0.618. The second-order valence-corrected chi connectivity index (χ2v) is 10.0. The minimum Gasteiger partial charge on any atom is -0.496 e. The molecule has 5 rings (SSSR count). The predicted octanol–water partition coefficient (Wildman–Crippen LogP) is 5.43. The Labute approximate surface area is 217 Å². The standard InChI is InChI=1S/C30H34FN3O3/c1-37-26-16-8-15-25(31)27(26)30(36)34-19-9-14-24(28(34)21-10-3-2-4-11-21)29(35)32-22-12-7-13-23(20-22)33-17-5-6-18-33/h2-4,7-8,10,12-13,15-16,20-21,24,28H,5-6,9,11,14,17-19H2,1H3,(H,32,35)/t21?,24-,28-/m0/s1. The summed E-state index contributed by atoms with van der Waals surface area (Å²) in [5, 5.41) is 3.13. The van der Waals surface area contributed by atoms with Crippen molar-refractivity contribution < 1.29 is 18.7 Å². The summed E-state index contributed by atoms with van der Waals surface area (Å²) in [6.45, 7) is 2.52. The molecule has 3 atom stereocenters. The van der Waals surface area contributed by atoms with Gasteiger partial charge in [-0.25, -0.2) is 4.39 Å². The molecule has 0 spiro atoms. The van der Waals surface area contributed by atoms with Crippen LogP contribution in [0.2, 0.25) is 0 Å². The van der Waals surface area contributed by atoms with Crippen molar-refractivity contribution in [2.45, 2.75) is 38.1 Å². The van der Waals surface area contributed by atoms with Crippen LogP contribution < -0.4 is 15.0 Å². The van der Waals surface area contributed by atoms with E-state index in [-0.39, 0.29) is 23.1 Å². The van der Waals surface area contributed by atoms with Gasteiger partial charge in [-0.05, 0) is 62.4 Å². The lowest BCUT2D eigenvalue weighted by molar-refractivity contribution is -0.123. The van der Waals surface area contributed by atoms with E-state index >= 15 is 0 Å². The summed E-state index contributed by atoms with van der Waals surface area (Å²) >= 11 is 0. The summed E-state index contributed by atoms with van der Waals surface area (Å²) in [7, 11) is 1.43. The van der Waals surface area contributed by atoms with Gasteiger partial charge in [-0.15, -0.1) is 0 Å². The fraction of sp³-hybridized carbons (Fsp3) is 0.400. The highest BCUT2D eigenvalue weighted by Crippen LogP contribution is 2.36. The Kier molecular flexibility index (Phi) is 7.58. The van der Waals surface area contributed by atoms with Gasteiger partial charge in [0.2, 0.25) is 5.91 Å². The SMILES string of the molecule is COc1cccc(F)c1C(=O)N1CCC[C@H](C(=O)Nc2cccc(N3CCCC3)c2)[C@@H]1C1C=CC=CC1. The molecule has 2 aromatic rings. The van der Waals surface area contributed by atoms with Crippen LogP contribution in [-0.2, 0) is 4.79 Å². The number of nitrogens with zero attached hydrogens (tertiary/aromatic N) is 2. The molecule has 194 valence electrons. The Morgan fingerprint density at radius 3 is 2.59 bits per heavy atom. The zero-order valence-electron chi connectivity index (χ0n) is 21.2. The minimum absolute atomic E-state index is 0.0429. The summed E-state index contributed by atoms with van der Waals surface area (Å²) in [5.74, 6) is -1.42. The van der Waals surface area contributed by atoms with Crippen molar-refractivity contribution in [2.24, 2.45) is 11.8 Å². The van der Waals surface area contributed by atoms with Crippen molar-refractivity contribution >= 4 is 23.2 Å². The molecular weight excluding hydrogens is 469 g/mol. The van der Waals surface area contributed by atoms with Crippen molar-refractivity contribution in [1.29, 1.82) is 0 Å². The first-order chi connectivity index (χ1) is 18.1. The first kappa shape index (κ1) is 25.1. The van der Waals surface area contributed by atoms with Crippen LogP contribution in [0.25, 0.3) is 0 Å². The number of amides is 2. The van der Waals surface area contributed by atoms with Crippen LogP contribution in [0.4, 0.5) is 15.8 Å².